The summed E-state index contributed by atoms with van der Waals surface area (Å²) in [4.78, 5) is 4.62. The van der Waals surface area contributed by atoms with Gasteiger partial charge in [0.2, 0.25) is 0 Å². The van der Waals surface area contributed by atoms with Crippen molar-refractivity contribution in [3.8, 4) is 0 Å². The fourth-order valence-corrected chi connectivity index (χ4v) is 2.37. The molecule has 1 aliphatic heterocycles. The minimum Gasteiger partial charge on any atom is -0.372 e. The Kier molecular flexibility index (Phi) is 2.82. The van der Waals surface area contributed by atoms with Gasteiger partial charge in [-0.2, -0.15) is 0 Å². The Morgan fingerprint density at radius 2 is 2.41 bits per heavy atom. The van der Waals surface area contributed by atoms with Crippen molar-refractivity contribution >= 4 is 5.65 Å². The van der Waals surface area contributed by atoms with Crippen LogP contribution in [0.1, 0.15) is 24.6 Å². The molecule has 0 aliphatic carbocycles. The molecular weight excluding hydrogens is 214 g/mol. The van der Waals surface area contributed by atoms with Gasteiger partial charge in [0.05, 0.1) is 5.69 Å². The lowest BCUT2D eigenvalue weighted by Crippen LogP contribution is -2.33. The van der Waals surface area contributed by atoms with Gasteiger partial charge >= 0.3 is 0 Å². The molecule has 0 bridgehead atoms. The SMILES string of the molecule is CNC1CCOC(c2cn3ccccc3n2)C1. The second-order valence-corrected chi connectivity index (χ2v) is 4.50. The van der Waals surface area contributed by atoms with E-state index in [-0.39, 0.29) is 6.10 Å². The van der Waals surface area contributed by atoms with E-state index in [1.54, 1.807) is 0 Å². The third-order valence-electron chi connectivity index (χ3n) is 3.40. The Labute approximate surface area is 101 Å². The van der Waals surface area contributed by atoms with E-state index in [1.165, 1.54) is 0 Å². The molecular formula is C13H17N3O. The van der Waals surface area contributed by atoms with Gasteiger partial charge in [-0.1, -0.05) is 6.07 Å². The van der Waals surface area contributed by atoms with Crippen molar-refractivity contribution in [2.45, 2.75) is 25.0 Å². The van der Waals surface area contributed by atoms with Gasteiger partial charge in [0.15, 0.2) is 0 Å². The van der Waals surface area contributed by atoms with Gasteiger partial charge in [0, 0.05) is 25.0 Å². The summed E-state index contributed by atoms with van der Waals surface area (Å²) in [5.74, 6) is 0. The zero-order chi connectivity index (χ0) is 11.7. The minimum atomic E-state index is 0.126. The van der Waals surface area contributed by atoms with Gasteiger partial charge in [-0.25, -0.2) is 4.98 Å². The summed E-state index contributed by atoms with van der Waals surface area (Å²) < 4.78 is 7.85. The number of nitrogens with zero attached hydrogens (tertiary/aromatic N) is 2. The number of fused-ring (bicyclic) bond motifs is 1. The highest BCUT2D eigenvalue weighted by Gasteiger charge is 2.24. The van der Waals surface area contributed by atoms with E-state index in [4.69, 9.17) is 4.74 Å². The van der Waals surface area contributed by atoms with E-state index in [0.29, 0.717) is 6.04 Å². The molecule has 1 fully saturated rings. The monoisotopic (exact) mass is 231 g/mol. The largest absolute Gasteiger partial charge is 0.372 e. The van der Waals surface area contributed by atoms with Gasteiger partial charge in [-0.05, 0) is 32.0 Å². The summed E-state index contributed by atoms with van der Waals surface area (Å²) in [5, 5.41) is 3.32. The number of nitrogens with one attached hydrogen (secondary N) is 1. The first-order valence-electron chi connectivity index (χ1n) is 6.09. The van der Waals surface area contributed by atoms with Crippen molar-refractivity contribution in [3.05, 3.63) is 36.3 Å². The number of pyridine rings is 1. The Morgan fingerprint density at radius 3 is 3.24 bits per heavy atom. The third-order valence-corrected chi connectivity index (χ3v) is 3.40. The third kappa shape index (κ3) is 2.06. The zero-order valence-corrected chi connectivity index (χ0v) is 9.97. The molecule has 0 aromatic carbocycles. The second kappa shape index (κ2) is 4.47. The Hall–Kier alpha value is -1.39. The van der Waals surface area contributed by atoms with Gasteiger partial charge in [-0.3, -0.25) is 0 Å². The Balaban J connectivity index is 1.87. The summed E-state index contributed by atoms with van der Waals surface area (Å²) in [6.45, 7) is 0.810. The molecule has 3 heterocycles. The fourth-order valence-electron chi connectivity index (χ4n) is 2.37. The van der Waals surface area contributed by atoms with E-state index in [2.05, 4.69) is 16.5 Å². The van der Waals surface area contributed by atoms with Crippen molar-refractivity contribution in [3.63, 3.8) is 0 Å². The number of imidazole rings is 1. The smallest absolute Gasteiger partial charge is 0.137 e. The molecule has 0 radical (unpaired) electrons. The fraction of sp³-hybridized carbons (Fsp3) is 0.462. The predicted molar refractivity (Wildman–Crippen MR) is 66.0 cm³/mol. The summed E-state index contributed by atoms with van der Waals surface area (Å²) in [5.41, 5.74) is 2.02. The lowest BCUT2D eigenvalue weighted by molar-refractivity contribution is -0.000656. The van der Waals surface area contributed by atoms with E-state index in [1.807, 2.05) is 35.8 Å². The normalized spacial score (nSPS) is 25.2. The van der Waals surface area contributed by atoms with Crippen LogP contribution in [0.3, 0.4) is 0 Å². The molecule has 0 spiro atoms. The van der Waals surface area contributed by atoms with Crippen LogP contribution in [0, 0.1) is 0 Å². The highest BCUT2D eigenvalue weighted by molar-refractivity contribution is 5.39. The Bertz CT molecular complexity index is 475. The van der Waals surface area contributed by atoms with Crippen LogP contribution >= 0.6 is 0 Å². The van der Waals surface area contributed by atoms with E-state index < -0.39 is 0 Å². The molecule has 2 unspecified atom stereocenters. The van der Waals surface area contributed by atoms with Crippen molar-refractivity contribution < 1.29 is 4.74 Å². The number of rotatable bonds is 2. The highest BCUT2D eigenvalue weighted by atomic mass is 16.5. The number of hydrogen-bond donors (Lipinski definition) is 1. The first-order valence-corrected chi connectivity index (χ1v) is 6.09. The number of aromatic nitrogens is 2. The zero-order valence-electron chi connectivity index (χ0n) is 9.97. The van der Waals surface area contributed by atoms with Gasteiger partial charge in [0.25, 0.3) is 0 Å². The molecule has 2 atom stereocenters. The van der Waals surface area contributed by atoms with Crippen molar-refractivity contribution in [1.82, 2.24) is 14.7 Å². The van der Waals surface area contributed by atoms with Crippen LogP contribution in [0.4, 0.5) is 0 Å². The standard InChI is InChI=1S/C13H17N3O/c1-14-10-5-7-17-12(8-10)11-9-16-6-3-2-4-13(16)15-11/h2-4,6,9-10,12,14H,5,7-8H2,1H3. The molecule has 4 heteroatoms. The van der Waals surface area contributed by atoms with Crippen LogP contribution in [0.2, 0.25) is 0 Å². The van der Waals surface area contributed by atoms with E-state index in [0.717, 1.165) is 30.8 Å². The molecule has 4 nitrogen and oxygen atoms in total. The van der Waals surface area contributed by atoms with Crippen LogP contribution in [0.5, 0.6) is 0 Å². The van der Waals surface area contributed by atoms with Crippen LogP contribution in [-0.4, -0.2) is 29.1 Å². The minimum absolute atomic E-state index is 0.126. The molecule has 2 aromatic rings. The molecule has 0 saturated carbocycles. The Morgan fingerprint density at radius 1 is 1.47 bits per heavy atom. The molecule has 17 heavy (non-hydrogen) atoms. The maximum atomic E-state index is 5.81. The number of hydrogen-bond acceptors (Lipinski definition) is 3. The van der Waals surface area contributed by atoms with E-state index in [9.17, 15) is 0 Å². The van der Waals surface area contributed by atoms with Crippen LogP contribution < -0.4 is 5.32 Å². The lowest BCUT2D eigenvalue weighted by atomic mass is 10.0. The molecule has 2 aromatic heterocycles. The van der Waals surface area contributed by atoms with Crippen LogP contribution in [0.25, 0.3) is 5.65 Å². The van der Waals surface area contributed by atoms with Crippen molar-refractivity contribution in [1.29, 1.82) is 0 Å². The lowest BCUT2D eigenvalue weighted by Gasteiger charge is -2.28. The quantitative estimate of drug-likeness (QED) is 0.856. The van der Waals surface area contributed by atoms with Gasteiger partial charge in [0.1, 0.15) is 11.8 Å². The van der Waals surface area contributed by atoms with E-state index >= 15 is 0 Å². The maximum Gasteiger partial charge on any atom is 0.137 e. The van der Waals surface area contributed by atoms with Crippen LogP contribution in [-0.2, 0) is 4.74 Å². The molecule has 0 amide bonds. The van der Waals surface area contributed by atoms with Crippen molar-refractivity contribution in [2.24, 2.45) is 0 Å². The first-order chi connectivity index (χ1) is 8.36. The average molecular weight is 231 g/mol. The summed E-state index contributed by atoms with van der Waals surface area (Å²) in [6.07, 6.45) is 6.30. The highest BCUT2D eigenvalue weighted by Crippen LogP contribution is 2.27. The summed E-state index contributed by atoms with van der Waals surface area (Å²) in [6, 6.07) is 6.57. The van der Waals surface area contributed by atoms with Crippen LogP contribution in [0.15, 0.2) is 30.6 Å². The molecule has 1 aliphatic rings. The molecule has 1 N–H and O–H groups in total. The topological polar surface area (TPSA) is 38.6 Å². The average Bonchev–Trinajstić information content (AvgIpc) is 2.82. The second-order valence-electron chi connectivity index (χ2n) is 4.50. The summed E-state index contributed by atoms with van der Waals surface area (Å²) in [7, 11) is 2.01. The molecule has 1 saturated heterocycles. The first kappa shape index (κ1) is 10.7. The molecule has 90 valence electrons. The van der Waals surface area contributed by atoms with Gasteiger partial charge in [-0.15, -0.1) is 0 Å². The van der Waals surface area contributed by atoms with Gasteiger partial charge < -0.3 is 14.5 Å². The number of ether oxygens (including phenoxy) is 1. The maximum absolute atomic E-state index is 5.81. The summed E-state index contributed by atoms with van der Waals surface area (Å²) >= 11 is 0. The molecule has 3 rings (SSSR count). The van der Waals surface area contributed by atoms with Crippen molar-refractivity contribution in [2.75, 3.05) is 13.7 Å². The predicted octanol–water partition coefficient (Wildman–Crippen LogP) is 1.77.